The molecule has 0 aliphatic carbocycles. The first-order chi connectivity index (χ1) is 8.88. The third-order valence-corrected chi connectivity index (χ3v) is 4.30. The average molecular weight is 321 g/mol. The number of hydrogen-bond acceptors (Lipinski definition) is 2. The number of aromatic nitrogens is 2. The van der Waals surface area contributed by atoms with Crippen molar-refractivity contribution in [1.82, 2.24) is 9.55 Å². The lowest BCUT2D eigenvalue weighted by Crippen LogP contribution is -2.27. The molecule has 100 valence electrons. The van der Waals surface area contributed by atoms with E-state index in [-0.39, 0.29) is 5.69 Å². The first kappa shape index (κ1) is 14.0. The fourth-order valence-electron chi connectivity index (χ4n) is 2.31. The molecule has 0 aliphatic heterocycles. The zero-order valence-corrected chi connectivity index (χ0v) is 13.2. The summed E-state index contributed by atoms with van der Waals surface area (Å²) in [5.41, 5.74) is 4.99. The largest absolute Gasteiger partial charge is 0.348 e. The molecule has 0 amide bonds. The Bertz CT molecular complexity index is 669. The Balaban J connectivity index is 2.49. The minimum absolute atomic E-state index is 0.197. The van der Waals surface area contributed by atoms with Crippen LogP contribution in [0.1, 0.15) is 28.1 Å². The number of halogens is 1. The molecule has 0 N–H and O–H groups in total. The summed E-state index contributed by atoms with van der Waals surface area (Å²) in [5, 5.41) is 0. The van der Waals surface area contributed by atoms with E-state index >= 15 is 0 Å². The lowest BCUT2D eigenvalue weighted by Gasteiger charge is -2.13. The van der Waals surface area contributed by atoms with Crippen LogP contribution in [-0.4, -0.2) is 9.55 Å². The molecule has 2 rings (SSSR count). The first-order valence-corrected chi connectivity index (χ1v) is 6.98. The molecule has 0 fully saturated rings. The lowest BCUT2D eigenvalue weighted by atomic mass is 10.1. The average Bonchev–Trinajstić information content (AvgIpc) is 2.31. The number of nitrogens with zero attached hydrogens (tertiary/aromatic N) is 2. The molecular formula is C15H17BrN2O. The van der Waals surface area contributed by atoms with Gasteiger partial charge in [0.15, 0.2) is 0 Å². The van der Waals surface area contributed by atoms with Crippen LogP contribution in [0.3, 0.4) is 0 Å². The van der Waals surface area contributed by atoms with Crippen LogP contribution in [-0.2, 0) is 6.54 Å². The molecule has 0 radical (unpaired) electrons. The highest BCUT2D eigenvalue weighted by Gasteiger charge is 2.09. The van der Waals surface area contributed by atoms with Crippen molar-refractivity contribution in [3.63, 3.8) is 0 Å². The smallest absolute Gasteiger partial charge is 0.291 e. The van der Waals surface area contributed by atoms with Gasteiger partial charge in [0.25, 0.3) is 0 Å². The monoisotopic (exact) mass is 320 g/mol. The van der Waals surface area contributed by atoms with E-state index < -0.39 is 0 Å². The summed E-state index contributed by atoms with van der Waals surface area (Å²) in [7, 11) is 0. The SMILES string of the molecule is Cc1cc(C)cc(Cn2c(C)c(Br)c(C)nc2=O)c1. The second-order valence-corrected chi connectivity index (χ2v) is 5.75. The van der Waals surface area contributed by atoms with Crippen LogP contribution in [0, 0.1) is 27.7 Å². The third kappa shape index (κ3) is 2.95. The molecule has 0 saturated carbocycles. The molecule has 4 heteroatoms. The van der Waals surface area contributed by atoms with Gasteiger partial charge in [-0.1, -0.05) is 29.3 Å². The Morgan fingerprint density at radius 1 is 1.11 bits per heavy atom. The highest BCUT2D eigenvalue weighted by atomic mass is 79.9. The fraction of sp³-hybridized carbons (Fsp3) is 0.333. The van der Waals surface area contributed by atoms with E-state index in [0.29, 0.717) is 6.54 Å². The van der Waals surface area contributed by atoms with Gasteiger partial charge in [-0.15, -0.1) is 0 Å². The standard InChI is InChI=1S/C15H17BrN2O/c1-9-5-10(2)7-13(6-9)8-18-12(4)14(16)11(3)17-15(18)19/h5-7H,8H2,1-4H3. The highest BCUT2D eigenvalue weighted by Crippen LogP contribution is 2.18. The molecule has 0 aliphatic rings. The summed E-state index contributed by atoms with van der Waals surface area (Å²) in [6.07, 6.45) is 0. The van der Waals surface area contributed by atoms with Crippen molar-refractivity contribution in [2.45, 2.75) is 34.2 Å². The summed E-state index contributed by atoms with van der Waals surface area (Å²) in [6, 6.07) is 6.34. The molecule has 2 aromatic rings. The first-order valence-electron chi connectivity index (χ1n) is 6.19. The van der Waals surface area contributed by atoms with Gasteiger partial charge in [0.1, 0.15) is 0 Å². The second-order valence-electron chi connectivity index (χ2n) is 4.96. The maximum atomic E-state index is 12.0. The second kappa shape index (κ2) is 5.29. The fourth-order valence-corrected chi connectivity index (χ4v) is 2.61. The Morgan fingerprint density at radius 2 is 1.68 bits per heavy atom. The minimum Gasteiger partial charge on any atom is -0.291 e. The minimum atomic E-state index is -0.197. The van der Waals surface area contributed by atoms with Crippen LogP contribution in [0.25, 0.3) is 0 Å². The number of rotatable bonds is 2. The van der Waals surface area contributed by atoms with Crippen molar-refractivity contribution in [3.05, 3.63) is 61.2 Å². The van der Waals surface area contributed by atoms with Gasteiger partial charge in [-0.3, -0.25) is 4.57 Å². The molecule has 19 heavy (non-hydrogen) atoms. The van der Waals surface area contributed by atoms with E-state index in [0.717, 1.165) is 21.4 Å². The number of benzene rings is 1. The van der Waals surface area contributed by atoms with E-state index in [9.17, 15) is 4.79 Å². The summed E-state index contributed by atoms with van der Waals surface area (Å²) in [4.78, 5) is 16.1. The van der Waals surface area contributed by atoms with Gasteiger partial charge in [0, 0.05) is 5.69 Å². The molecular weight excluding hydrogens is 304 g/mol. The predicted octanol–water partition coefficient (Wildman–Crippen LogP) is 3.29. The topological polar surface area (TPSA) is 34.9 Å². The summed E-state index contributed by atoms with van der Waals surface area (Å²) >= 11 is 3.48. The van der Waals surface area contributed by atoms with Crippen molar-refractivity contribution < 1.29 is 0 Å². The van der Waals surface area contributed by atoms with Gasteiger partial charge in [-0.25, -0.2) is 4.79 Å². The van der Waals surface area contributed by atoms with Crippen LogP contribution in [0.4, 0.5) is 0 Å². The van der Waals surface area contributed by atoms with Gasteiger partial charge < -0.3 is 0 Å². The van der Waals surface area contributed by atoms with Crippen LogP contribution >= 0.6 is 15.9 Å². The van der Waals surface area contributed by atoms with Crippen LogP contribution < -0.4 is 5.69 Å². The molecule has 0 spiro atoms. The van der Waals surface area contributed by atoms with Crippen molar-refractivity contribution in [3.8, 4) is 0 Å². The van der Waals surface area contributed by atoms with Gasteiger partial charge in [0.05, 0.1) is 16.7 Å². The third-order valence-electron chi connectivity index (χ3n) is 3.16. The zero-order chi connectivity index (χ0) is 14.2. The Morgan fingerprint density at radius 3 is 2.26 bits per heavy atom. The Labute approximate surface area is 121 Å². The summed E-state index contributed by atoms with van der Waals surface area (Å²) < 4.78 is 2.60. The van der Waals surface area contributed by atoms with Gasteiger partial charge in [-0.2, -0.15) is 4.98 Å². The molecule has 1 aromatic carbocycles. The molecule has 1 aromatic heterocycles. The molecule has 1 heterocycles. The lowest BCUT2D eigenvalue weighted by molar-refractivity contribution is 0.688. The maximum Gasteiger partial charge on any atom is 0.348 e. The molecule has 3 nitrogen and oxygen atoms in total. The van der Waals surface area contributed by atoms with Crippen molar-refractivity contribution in [2.24, 2.45) is 0 Å². The van der Waals surface area contributed by atoms with Crippen molar-refractivity contribution >= 4 is 15.9 Å². The zero-order valence-electron chi connectivity index (χ0n) is 11.6. The van der Waals surface area contributed by atoms with Crippen LogP contribution in [0.15, 0.2) is 27.5 Å². The van der Waals surface area contributed by atoms with Crippen LogP contribution in [0.5, 0.6) is 0 Å². The summed E-state index contributed by atoms with van der Waals surface area (Å²) in [5.74, 6) is 0. The molecule has 0 unspecified atom stereocenters. The van der Waals surface area contributed by atoms with Gasteiger partial charge >= 0.3 is 5.69 Å². The van der Waals surface area contributed by atoms with Gasteiger partial charge in [0.2, 0.25) is 0 Å². The van der Waals surface area contributed by atoms with Crippen molar-refractivity contribution in [1.29, 1.82) is 0 Å². The normalized spacial score (nSPS) is 10.8. The van der Waals surface area contributed by atoms with Crippen LogP contribution in [0.2, 0.25) is 0 Å². The maximum absolute atomic E-state index is 12.0. The summed E-state index contributed by atoms with van der Waals surface area (Å²) in [6.45, 7) is 8.45. The quantitative estimate of drug-likeness (QED) is 0.851. The molecule has 0 atom stereocenters. The molecule has 0 bridgehead atoms. The Kier molecular flexibility index (Phi) is 3.90. The van der Waals surface area contributed by atoms with Gasteiger partial charge in [-0.05, 0) is 49.2 Å². The molecule has 0 saturated heterocycles. The predicted molar refractivity (Wildman–Crippen MR) is 80.7 cm³/mol. The van der Waals surface area contributed by atoms with E-state index in [1.165, 1.54) is 11.1 Å². The number of aryl methyl sites for hydroxylation is 3. The van der Waals surface area contributed by atoms with Crippen molar-refractivity contribution in [2.75, 3.05) is 0 Å². The van der Waals surface area contributed by atoms with E-state index in [1.54, 1.807) is 4.57 Å². The highest BCUT2D eigenvalue weighted by molar-refractivity contribution is 9.10. The van der Waals surface area contributed by atoms with E-state index in [2.05, 4.69) is 53.0 Å². The Hall–Kier alpha value is -1.42. The van der Waals surface area contributed by atoms with E-state index in [1.807, 2.05) is 13.8 Å². The number of hydrogen-bond donors (Lipinski definition) is 0. The van der Waals surface area contributed by atoms with E-state index in [4.69, 9.17) is 0 Å².